The van der Waals surface area contributed by atoms with E-state index < -0.39 is 0 Å². The first-order chi connectivity index (χ1) is 9.79. The molecule has 1 aliphatic heterocycles. The summed E-state index contributed by atoms with van der Waals surface area (Å²) in [4.78, 5) is 7.18. The van der Waals surface area contributed by atoms with E-state index in [1.54, 1.807) is 0 Å². The average molecular weight is 409 g/mol. The van der Waals surface area contributed by atoms with Gasteiger partial charge in [0.15, 0.2) is 5.96 Å². The zero-order chi connectivity index (χ0) is 14.3. The van der Waals surface area contributed by atoms with Crippen LogP contribution in [-0.4, -0.2) is 50.3 Å². The molecule has 124 valence electrons. The van der Waals surface area contributed by atoms with Gasteiger partial charge >= 0.3 is 0 Å². The van der Waals surface area contributed by atoms with Gasteiger partial charge in [-0.25, -0.2) is 0 Å². The molecular weight excluding hydrogens is 377 g/mol. The highest BCUT2D eigenvalue weighted by Crippen LogP contribution is 2.47. The third-order valence-corrected chi connectivity index (χ3v) is 4.63. The number of rotatable bonds is 7. The molecule has 1 saturated carbocycles. The summed E-state index contributed by atoms with van der Waals surface area (Å²) >= 11 is 0. The van der Waals surface area contributed by atoms with Crippen molar-refractivity contribution in [3.63, 3.8) is 0 Å². The maximum absolute atomic E-state index is 5.59. The topological polar surface area (TPSA) is 36.9 Å². The molecule has 0 unspecified atom stereocenters. The Morgan fingerprint density at radius 2 is 2.05 bits per heavy atom. The lowest BCUT2D eigenvalue weighted by molar-refractivity contribution is 0.138. The molecule has 0 atom stereocenters. The van der Waals surface area contributed by atoms with Crippen molar-refractivity contribution >= 4 is 29.9 Å². The van der Waals surface area contributed by atoms with Gasteiger partial charge in [0.25, 0.3) is 0 Å². The number of unbranched alkanes of at least 4 members (excludes halogenated alkanes) is 1. The number of hydrogen-bond donors (Lipinski definition) is 1. The van der Waals surface area contributed by atoms with E-state index in [1.807, 2.05) is 0 Å². The Morgan fingerprint density at radius 3 is 2.62 bits per heavy atom. The highest BCUT2D eigenvalue weighted by Gasteiger charge is 2.43. The van der Waals surface area contributed by atoms with Crippen molar-refractivity contribution in [3.05, 3.63) is 0 Å². The van der Waals surface area contributed by atoms with Crippen LogP contribution in [0.1, 0.15) is 52.4 Å². The van der Waals surface area contributed by atoms with Gasteiger partial charge in [-0.3, -0.25) is 4.99 Å². The molecule has 1 heterocycles. The second-order valence-electron chi connectivity index (χ2n) is 6.23. The molecule has 0 aromatic rings. The highest BCUT2D eigenvalue weighted by molar-refractivity contribution is 14.0. The minimum Gasteiger partial charge on any atom is -0.380 e. The highest BCUT2D eigenvalue weighted by atomic mass is 127. The van der Waals surface area contributed by atoms with Crippen LogP contribution in [0, 0.1) is 5.41 Å². The van der Waals surface area contributed by atoms with E-state index in [1.165, 1.54) is 45.2 Å². The van der Waals surface area contributed by atoms with E-state index in [2.05, 4.69) is 24.1 Å². The van der Waals surface area contributed by atoms with Crippen LogP contribution in [0.5, 0.6) is 0 Å². The van der Waals surface area contributed by atoms with Crippen LogP contribution in [0.3, 0.4) is 0 Å². The van der Waals surface area contributed by atoms with Crippen molar-refractivity contribution in [2.45, 2.75) is 52.4 Å². The second-order valence-corrected chi connectivity index (χ2v) is 6.23. The van der Waals surface area contributed by atoms with Crippen LogP contribution in [0.2, 0.25) is 0 Å². The molecule has 0 radical (unpaired) electrons. The molecule has 2 aliphatic rings. The average Bonchev–Trinajstić information content (AvgIpc) is 2.87. The van der Waals surface area contributed by atoms with Crippen LogP contribution in [-0.2, 0) is 4.74 Å². The summed E-state index contributed by atoms with van der Waals surface area (Å²) in [5, 5.41) is 3.43. The summed E-state index contributed by atoms with van der Waals surface area (Å²) < 4.78 is 5.59. The molecular formula is C16H32IN3O. The summed E-state index contributed by atoms with van der Waals surface area (Å²) in [6.07, 6.45) is 7.96. The van der Waals surface area contributed by atoms with Crippen LogP contribution >= 0.6 is 24.0 Å². The first kappa shape index (κ1) is 19.0. The van der Waals surface area contributed by atoms with Crippen molar-refractivity contribution in [2.75, 3.05) is 39.4 Å². The Hall–Kier alpha value is -0.0400. The molecule has 0 amide bonds. The number of aliphatic imine (C=N–C) groups is 1. The summed E-state index contributed by atoms with van der Waals surface area (Å²) in [6.45, 7) is 10.0. The zero-order valence-corrected chi connectivity index (χ0v) is 16.0. The third-order valence-electron chi connectivity index (χ3n) is 4.63. The van der Waals surface area contributed by atoms with Gasteiger partial charge in [0, 0.05) is 26.2 Å². The van der Waals surface area contributed by atoms with Crippen LogP contribution in [0.25, 0.3) is 0 Å². The third kappa shape index (κ3) is 5.58. The Bertz CT molecular complexity index is 319. The Labute approximate surface area is 147 Å². The molecule has 5 heteroatoms. The zero-order valence-electron chi connectivity index (χ0n) is 13.7. The Kier molecular flexibility index (Phi) is 8.94. The number of nitrogens with zero attached hydrogens (tertiary/aromatic N) is 2. The Morgan fingerprint density at radius 1 is 1.24 bits per heavy atom. The lowest BCUT2D eigenvalue weighted by Crippen LogP contribution is -2.42. The monoisotopic (exact) mass is 409 g/mol. The maximum atomic E-state index is 5.59. The van der Waals surface area contributed by atoms with Crippen LogP contribution in [0.15, 0.2) is 4.99 Å². The van der Waals surface area contributed by atoms with E-state index in [-0.39, 0.29) is 24.0 Å². The molecule has 0 bridgehead atoms. The molecule has 1 saturated heterocycles. The number of nitrogens with one attached hydrogen (secondary N) is 1. The van der Waals surface area contributed by atoms with Gasteiger partial charge in [-0.05, 0) is 38.0 Å². The fourth-order valence-corrected chi connectivity index (χ4v) is 3.19. The van der Waals surface area contributed by atoms with E-state index in [4.69, 9.17) is 9.73 Å². The molecule has 2 rings (SSSR count). The smallest absolute Gasteiger partial charge is 0.194 e. The molecule has 4 nitrogen and oxygen atoms in total. The molecule has 1 spiro atoms. The van der Waals surface area contributed by atoms with E-state index >= 15 is 0 Å². The van der Waals surface area contributed by atoms with Crippen molar-refractivity contribution in [1.29, 1.82) is 0 Å². The van der Waals surface area contributed by atoms with Crippen molar-refractivity contribution in [1.82, 2.24) is 10.2 Å². The first-order valence-corrected chi connectivity index (χ1v) is 8.41. The summed E-state index contributed by atoms with van der Waals surface area (Å²) in [5.41, 5.74) is 0.633. The molecule has 1 N–H and O–H groups in total. The summed E-state index contributed by atoms with van der Waals surface area (Å²) in [6, 6.07) is 0. The molecule has 0 aromatic carbocycles. The van der Waals surface area contributed by atoms with Crippen molar-refractivity contribution in [3.8, 4) is 0 Å². The quantitative estimate of drug-likeness (QED) is 0.304. The fraction of sp³-hybridized carbons (Fsp3) is 0.938. The number of ether oxygens (including phenoxy) is 1. The normalized spacial score (nSPS) is 20.3. The molecule has 2 fully saturated rings. The number of hydrogen-bond acceptors (Lipinski definition) is 2. The van der Waals surface area contributed by atoms with Gasteiger partial charge in [-0.15, -0.1) is 24.0 Å². The number of likely N-dealkylation sites (tertiary alicyclic amines) is 1. The van der Waals surface area contributed by atoms with Gasteiger partial charge in [-0.2, -0.15) is 0 Å². The minimum atomic E-state index is 0. The van der Waals surface area contributed by atoms with Gasteiger partial charge in [0.05, 0.1) is 13.2 Å². The molecule has 21 heavy (non-hydrogen) atoms. The van der Waals surface area contributed by atoms with E-state index in [0.29, 0.717) is 5.41 Å². The summed E-state index contributed by atoms with van der Waals surface area (Å²) in [7, 11) is 0. The molecule has 1 aliphatic carbocycles. The second kappa shape index (κ2) is 9.87. The predicted octanol–water partition coefficient (Wildman–Crippen LogP) is 3.26. The van der Waals surface area contributed by atoms with E-state index in [9.17, 15) is 0 Å². The predicted molar refractivity (Wildman–Crippen MR) is 99.6 cm³/mol. The standard InChI is InChI=1S/C16H31N3O.HI/c1-3-5-12-20-13-10-18-15(17-4-2)19-11-9-16(14-19)7-6-8-16;/h3-14H2,1-2H3,(H,17,18);1H. The van der Waals surface area contributed by atoms with Gasteiger partial charge in [-0.1, -0.05) is 19.8 Å². The fourth-order valence-electron chi connectivity index (χ4n) is 3.19. The van der Waals surface area contributed by atoms with Crippen LogP contribution in [0.4, 0.5) is 0 Å². The lowest BCUT2D eigenvalue weighted by atomic mass is 9.68. The van der Waals surface area contributed by atoms with E-state index in [0.717, 1.165) is 38.7 Å². The molecule has 0 aromatic heterocycles. The lowest BCUT2D eigenvalue weighted by Gasteiger charge is -2.38. The van der Waals surface area contributed by atoms with Crippen LogP contribution < -0.4 is 5.32 Å². The minimum absolute atomic E-state index is 0. The Balaban J connectivity index is 0.00000220. The largest absolute Gasteiger partial charge is 0.380 e. The maximum Gasteiger partial charge on any atom is 0.194 e. The number of halogens is 1. The van der Waals surface area contributed by atoms with Gasteiger partial charge in [0.1, 0.15) is 0 Å². The number of guanidine groups is 1. The van der Waals surface area contributed by atoms with Crippen molar-refractivity contribution < 1.29 is 4.74 Å². The van der Waals surface area contributed by atoms with Gasteiger partial charge in [0.2, 0.25) is 0 Å². The van der Waals surface area contributed by atoms with Gasteiger partial charge < -0.3 is 15.0 Å². The summed E-state index contributed by atoms with van der Waals surface area (Å²) in [5.74, 6) is 1.09. The van der Waals surface area contributed by atoms with Crippen molar-refractivity contribution in [2.24, 2.45) is 10.4 Å². The SMILES string of the molecule is CCCCOCCN=C(NCC)N1CCC2(CCC2)C1.I. The first-order valence-electron chi connectivity index (χ1n) is 8.41.